The Bertz CT molecular complexity index is 1210. The molecule has 1 amide bonds. The van der Waals surface area contributed by atoms with Crippen LogP contribution in [0.5, 0.6) is 0 Å². The summed E-state index contributed by atoms with van der Waals surface area (Å²) < 4.78 is 39.0. The van der Waals surface area contributed by atoms with Gasteiger partial charge in [-0.15, -0.1) is 4.99 Å². The molecule has 0 N–H and O–H groups in total. The third-order valence-corrected chi connectivity index (χ3v) is 8.32. The van der Waals surface area contributed by atoms with Gasteiger partial charge in [0.2, 0.25) is 22.1 Å². The van der Waals surface area contributed by atoms with Crippen molar-refractivity contribution in [2.45, 2.75) is 109 Å². The van der Waals surface area contributed by atoms with E-state index >= 15 is 0 Å². The van der Waals surface area contributed by atoms with Gasteiger partial charge >= 0.3 is 12.1 Å². The van der Waals surface area contributed by atoms with Crippen molar-refractivity contribution >= 4 is 34.1 Å². The van der Waals surface area contributed by atoms with Crippen molar-refractivity contribution in [1.29, 1.82) is 0 Å². The first-order valence-corrected chi connectivity index (χ1v) is 15.6. The Hall–Kier alpha value is -2.76. The Labute approximate surface area is 237 Å². The molecule has 0 radical (unpaired) electrons. The lowest BCUT2D eigenvalue weighted by atomic mass is 9.84. The van der Waals surface area contributed by atoms with Gasteiger partial charge in [-0.05, 0) is 80.1 Å². The first-order chi connectivity index (χ1) is 18.5. The SMILES string of the molecule is CC(C)(C)OC(=O)CN(C1CCC(c2cn(C3CCN(C(=O)OC(C)(C)C)CC3)c(N=C=O)n2)CC1)S(C)(=O)=O. The molecule has 3 rings (SSSR count). The molecule has 0 atom stereocenters. The highest BCUT2D eigenvalue weighted by atomic mass is 32.2. The summed E-state index contributed by atoms with van der Waals surface area (Å²) in [6, 6.07) is -0.302. The summed E-state index contributed by atoms with van der Waals surface area (Å²) in [6.07, 6.45) is 8.09. The van der Waals surface area contributed by atoms with Crippen molar-refractivity contribution in [3.63, 3.8) is 0 Å². The predicted octanol–water partition coefficient (Wildman–Crippen LogP) is 4.05. The number of aliphatic imine (C=N–C) groups is 1. The molecule has 2 fully saturated rings. The number of aromatic nitrogens is 2. The molecule has 1 aliphatic carbocycles. The number of likely N-dealkylation sites (tertiary alicyclic amines) is 1. The average Bonchev–Trinajstić information content (AvgIpc) is 3.24. The molecule has 0 spiro atoms. The maximum absolute atomic E-state index is 12.5. The molecule has 0 aromatic carbocycles. The second kappa shape index (κ2) is 12.4. The zero-order valence-electron chi connectivity index (χ0n) is 24.7. The summed E-state index contributed by atoms with van der Waals surface area (Å²) >= 11 is 0. The van der Waals surface area contributed by atoms with E-state index in [9.17, 15) is 22.8 Å². The molecule has 0 bridgehead atoms. The van der Waals surface area contributed by atoms with Crippen LogP contribution in [0.1, 0.15) is 97.7 Å². The van der Waals surface area contributed by atoms with Crippen molar-refractivity contribution in [2.24, 2.45) is 4.99 Å². The van der Waals surface area contributed by atoms with Crippen molar-refractivity contribution in [3.8, 4) is 0 Å². The van der Waals surface area contributed by atoms with Crippen LogP contribution in [0, 0.1) is 0 Å². The van der Waals surface area contributed by atoms with E-state index in [1.807, 2.05) is 31.5 Å². The molecule has 2 heterocycles. The fourth-order valence-electron chi connectivity index (χ4n) is 5.32. The van der Waals surface area contributed by atoms with Gasteiger partial charge in [-0.2, -0.15) is 4.31 Å². The predicted molar refractivity (Wildman–Crippen MR) is 148 cm³/mol. The molecule has 1 saturated carbocycles. The fourth-order valence-corrected chi connectivity index (χ4v) is 6.41. The fraction of sp³-hybridized carbons (Fsp3) is 0.778. The second-order valence-corrected chi connectivity index (χ2v) is 14.6. The molecule has 1 aromatic rings. The minimum Gasteiger partial charge on any atom is -0.459 e. The summed E-state index contributed by atoms with van der Waals surface area (Å²) in [5.41, 5.74) is -0.475. The first kappa shape index (κ1) is 31.8. The molecular formula is C27H43N5O7S. The normalized spacial score (nSPS) is 21.1. The minimum absolute atomic E-state index is 0.0120. The van der Waals surface area contributed by atoms with Crippen molar-refractivity contribution in [1.82, 2.24) is 18.8 Å². The molecule has 0 unspecified atom stereocenters. The van der Waals surface area contributed by atoms with E-state index in [1.165, 1.54) is 4.31 Å². The average molecular weight is 582 g/mol. The number of isocyanates is 1. The molecule has 224 valence electrons. The van der Waals surface area contributed by atoms with Gasteiger partial charge in [0.05, 0.1) is 11.9 Å². The van der Waals surface area contributed by atoms with Crippen LogP contribution in [-0.4, -0.2) is 88.5 Å². The Morgan fingerprint density at radius 2 is 1.60 bits per heavy atom. The highest BCUT2D eigenvalue weighted by Crippen LogP contribution is 2.37. The third kappa shape index (κ3) is 8.87. The lowest BCUT2D eigenvalue weighted by molar-refractivity contribution is -0.155. The van der Waals surface area contributed by atoms with Crippen LogP contribution in [0.25, 0.3) is 0 Å². The van der Waals surface area contributed by atoms with Crippen LogP contribution in [0.15, 0.2) is 11.2 Å². The highest BCUT2D eigenvalue weighted by molar-refractivity contribution is 7.88. The van der Waals surface area contributed by atoms with Crippen LogP contribution in [0.3, 0.4) is 0 Å². The summed E-state index contributed by atoms with van der Waals surface area (Å²) in [5.74, 6) is -0.235. The van der Waals surface area contributed by atoms with Gasteiger partial charge in [-0.25, -0.2) is 23.0 Å². The standard InChI is InChI=1S/C27H43N5O7S/c1-26(2,3)38-23(34)17-32(40(7,36)37)21-10-8-19(9-11-21)22-16-31(24(29-22)28-18-33)20-12-14-30(15-13-20)25(35)39-27(4,5)6/h16,19-21H,8-15,17H2,1-7H3. The topological polar surface area (TPSA) is 140 Å². The zero-order chi connectivity index (χ0) is 29.9. The van der Waals surface area contributed by atoms with Crippen molar-refractivity contribution in [2.75, 3.05) is 25.9 Å². The van der Waals surface area contributed by atoms with E-state index in [0.717, 1.165) is 11.9 Å². The van der Waals surface area contributed by atoms with Gasteiger partial charge in [0.15, 0.2) is 0 Å². The number of hydrogen-bond donors (Lipinski definition) is 0. The first-order valence-electron chi connectivity index (χ1n) is 13.8. The molecule has 40 heavy (non-hydrogen) atoms. The monoisotopic (exact) mass is 581 g/mol. The number of nitrogens with zero attached hydrogens (tertiary/aromatic N) is 5. The van der Waals surface area contributed by atoms with Gasteiger partial charge in [0.25, 0.3) is 0 Å². The van der Waals surface area contributed by atoms with Gasteiger partial charge in [0.1, 0.15) is 17.7 Å². The number of imidazole rings is 1. The molecule has 2 aliphatic rings. The van der Waals surface area contributed by atoms with Gasteiger partial charge in [-0.3, -0.25) is 4.79 Å². The molecule has 13 heteroatoms. The number of amides is 1. The van der Waals surface area contributed by atoms with Crippen molar-refractivity contribution in [3.05, 3.63) is 11.9 Å². The molecule has 1 saturated heterocycles. The lowest BCUT2D eigenvalue weighted by Gasteiger charge is -2.35. The second-order valence-electron chi connectivity index (χ2n) is 12.7. The van der Waals surface area contributed by atoms with E-state index in [-0.39, 0.29) is 36.6 Å². The Kier molecular flexibility index (Phi) is 9.85. The number of carbonyl (C=O) groups is 2. The number of carbonyl (C=O) groups excluding carboxylic acids is 3. The van der Waals surface area contributed by atoms with Crippen LogP contribution >= 0.6 is 0 Å². The van der Waals surface area contributed by atoms with Gasteiger partial charge in [-0.1, -0.05) is 0 Å². The van der Waals surface area contributed by atoms with E-state index < -0.39 is 27.2 Å². The van der Waals surface area contributed by atoms with Gasteiger partial charge < -0.3 is 18.9 Å². The van der Waals surface area contributed by atoms with Crippen LogP contribution in [0.2, 0.25) is 0 Å². The number of ether oxygens (including phenoxy) is 2. The Balaban J connectivity index is 1.67. The number of piperidine rings is 1. The summed E-state index contributed by atoms with van der Waals surface area (Å²) in [5, 5.41) is 0. The number of hydrogen-bond acceptors (Lipinski definition) is 9. The summed E-state index contributed by atoms with van der Waals surface area (Å²) in [4.78, 5) is 46.1. The van der Waals surface area contributed by atoms with Gasteiger partial charge in [0, 0.05) is 37.3 Å². The van der Waals surface area contributed by atoms with E-state index in [0.29, 0.717) is 51.6 Å². The summed E-state index contributed by atoms with van der Waals surface area (Å²) in [6.45, 7) is 11.4. The maximum atomic E-state index is 12.5. The molecule has 1 aromatic heterocycles. The summed E-state index contributed by atoms with van der Waals surface area (Å²) in [7, 11) is -3.62. The lowest BCUT2D eigenvalue weighted by Crippen LogP contribution is -2.45. The quantitative estimate of drug-likeness (QED) is 0.267. The smallest absolute Gasteiger partial charge is 0.410 e. The molecule has 1 aliphatic heterocycles. The Morgan fingerprint density at radius 1 is 1.02 bits per heavy atom. The number of esters is 1. The number of sulfonamides is 1. The van der Waals surface area contributed by atoms with E-state index in [2.05, 4.69) is 9.98 Å². The molecule has 12 nitrogen and oxygen atoms in total. The Morgan fingerprint density at radius 3 is 2.10 bits per heavy atom. The third-order valence-electron chi connectivity index (χ3n) is 7.04. The van der Waals surface area contributed by atoms with E-state index in [4.69, 9.17) is 9.47 Å². The van der Waals surface area contributed by atoms with E-state index in [1.54, 1.807) is 31.8 Å². The van der Waals surface area contributed by atoms with Crippen LogP contribution in [0.4, 0.5) is 10.7 Å². The largest absolute Gasteiger partial charge is 0.459 e. The number of rotatable bonds is 7. The van der Waals surface area contributed by atoms with Crippen LogP contribution < -0.4 is 0 Å². The van der Waals surface area contributed by atoms with Crippen molar-refractivity contribution < 1.29 is 32.3 Å². The molecular weight excluding hydrogens is 538 g/mol. The maximum Gasteiger partial charge on any atom is 0.410 e. The van der Waals surface area contributed by atoms with Crippen LogP contribution in [-0.2, 0) is 29.1 Å². The minimum atomic E-state index is -3.62. The zero-order valence-corrected chi connectivity index (χ0v) is 25.5. The highest BCUT2D eigenvalue weighted by Gasteiger charge is 2.35.